The molecular formula is C19H24N2O3S. The van der Waals surface area contributed by atoms with Crippen LogP contribution in [0.2, 0.25) is 0 Å². The molecule has 1 amide bonds. The third-order valence-corrected chi connectivity index (χ3v) is 5.43. The average Bonchev–Trinajstić information content (AvgIpc) is 2.96. The molecule has 0 aliphatic carbocycles. The van der Waals surface area contributed by atoms with Crippen LogP contribution in [0.1, 0.15) is 48.9 Å². The largest absolute Gasteiger partial charge is 0.497 e. The summed E-state index contributed by atoms with van der Waals surface area (Å²) in [5.74, 6) is 1.58. The number of thiazole rings is 1. The molecule has 1 aliphatic heterocycles. The molecule has 6 heteroatoms. The van der Waals surface area contributed by atoms with Crippen LogP contribution in [0.25, 0.3) is 0 Å². The highest BCUT2D eigenvalue weighted by atomic mass is 32.1. The van der Waals surface area contributed by atoms with Gasteiger partial charge < -0.3 is 14.8 Å². The summed E-state index contributed by atoms with van der Waals surface area (Å²) in [6.45, 7) is 6.05. The monoisotopic (exact) mass is 360 g/mol. The van der Waals surface area contributed by atoms with Gasteiger partial charge in [0.05, 0.1) is 24.4 Å². The molecule has 25 heavy (non-hydrogen) atoms. The number of nitrogens with zero attached hydrogens (tertiary/aromatic N) is 1. The van der Waals surface area contributed by atoms with Gasteiger partial charge in [-0.25, -0.2) is 4.98 Å². The summed E-state index contributed by atoms with van der Waals surface area (Å²) in [4.78, 5) is 17.9. The van der Waals surface area contributed by atoms with Crippen molar-refractivity contribution in [1.29, 1.82) is 0 Å². The molecule has 3 rings (SSSR count). The zero-order valence-corrected chi connectivity index (χ0v) is 15.9. The van der Waals surface area contributed by atoms with Gasteiger partial charge in [0.2, 0.25) is 5.91 Å². The fourth-order valence-electron chi connectivity index (χ4n) is 3.15. The molecule has 0 saturated heterocycles. The maximum Gasteiger partial charge on any atom is 0.220 e. The van der Waals surface area contributed by atoms with Crippen molar-refractivity contribution in [1.82, 2.24) is 10.3 Å². The molecule has 2 aromatic rings. The van der Waals surface area contributed by atoms with E-state index in [0.29, 0.717) is 6.42 Å². The van der Waals surface area contributed by atoms with Gasteiger partial charge >= 0.3 is 0 Å². The highest BCUT2D eigenvalue weighted by Crippen LogP contribution is 2.41. The number of amides is 1. The van der Waals surface area contributed by atoms with E-state index in [1.807, 2.05) is 44.5 Å². The van der Waals surface area contributed by atoms with E-state index >= 15 is 0 Å². The summed E-state index contributed by atoms with van der Waals surface area (Å²) < 4.78 is 11.4. The van der Waals surface area contributed by atoms with E-state index in [-0.39, 0.29) is 17.6 Å². The Morgan fingerprint density at radius 1 is 1.48 bits per heavy atom. The van der Waals surface area contributed by atoms with Gasteiger partial charge in [-0.1, -0.05) is 0 Å². The number of aromatic nitrogens is 1. The maximum absolute atomic E-state index is 12.5. The molecule has 0 spiro atoms. The first-order valence-corrected chi connectivity index (χ1v) is 9.31. The van der Waals surface area contributed by atoms with Gasteiger partial charge in [0.25, 0.3) is 0 Å². The zero-order valence-electron chi connectivity index (χ0n) is 15.1. The fraction of sp³-hybridized carbons (Fsp3) is 0.474. The summed E-state index contributed by atoms with van der Waals surface area (Å²) in [5, 5.41) is 3.17. The predicted molar refractivity (Wildman–Crippen MR) is 98.4 cm³/mol. The van der Waals surface area contributed by atoms with Crippen LogP contribution in [0.5, 0.6) is 11.5 Å². The molecule has 1 aromatic heterocycles. The fourth-order valence-corrected chi connectivity index (χ4v) is 3.93. The normalized spacial score (nSPS) is 18.2. The molecule has 0 radical (unpaired) electrons. The van der Waals surface area contributed by atoms with E-state index < -0.39 is 0 Å². The predicted octanol–water partition coefficient (Wildman–Crippen LogP) is 3.81. The van der Waals surface area contributed by atoms with Gasteiger partial charge in [-0.3, -0.25) is 4.79 Å². The quantitative estimate of drug-likeness (QED) is 0.881. The third-order valence-electron chi connectivity index (χ3n) is 4.44. The SMILES string of the molecule is COc1ccc2c(c1)OC(C)(C)CC2NC(=O)CCc1scnc1C. The molecule has 2 heterocycles. The van der Waals surface area contributed by atoms with Gasteiger partial charge in [0.1, 0.15) is 17.1 Å². The van der Waals surface area contributed by atoms with Crippen molar-refractivity contribution >= 4 is 17.2 Å². The number of carbonyl (C=O) groups excluding carboxylic acids is 1. The molecule has 1 unspecified atom stereocenters. The molecule has 5 nitrogen and oxygen atoms in total. The molecule has 1 aliphatic rings. The number of aryl methyl sites for hydroxylation is 2. The van der Waals surface area contributed by atoms with Crippen molar-refractivity contribution in [3.63, 3.8) is 0 Å². The molecule has 0 bridgehead atoms. The lowest BCUT2D eigenvalue weighted by Crippen LogP contribution is -2.41. The van der Waals surface area contributed by atoms with E-state index in [2.05, 4.69) is 10.3 Å². The Labute approximate surface area is 152 Å². The van der Waals surface area contributed by atoms with E-state index in [1.165, 1.54) is 4.88 Å². The minimum absolute atomic E-state index is 0.0530. The summed E-state index contributed by atoms with van der Waals surface area (Å²) in [5.41, 5.74) is 3.50. The lowest BCUT2D eigenvalue weighted by Gasteiger charge is -2.38. The minimum atomic E-state index is -0.342. The smallest absolute Gasteiger partial charge is 0.220 e. The van der Waals surface area contributed by atoms with Crippen LogP contribution < -0.4 is 14.8 Å². The first-order chi connectivity index (χ1) is 11.9. The van der Waals surface area contributed by atoms with Gasteiger partial charge in [-0.15, -0.1) is 11.3 Å². The number of rotatable bonds is 5. The van der Waals surface area contributed by atoms with Crippen molar-refractivity contribution in [2.45, 2.75) is 51.7 Å². The second-order valence-corrected chi connectivity index (χ2v) is 7.89. The lowest BCUT2D eigenvalue weighted by molar-refractivity contribution is -0.122. The first kappa shape index (κ1) is 17.7. The molecule has 0 saturated carbocycles. The maximum atomic E-state index is 12.5. The highest BCUT2D eigenvalue weighted by molar-refractivity contribution is 7.09. The summed E-state index contributed by atoms with van der Waals surface area (Å²) >= 11 is 1.61. The Balaban J connectivity index is 1.71. The highest BCUT2D eigenvalue weighted by Gasteiger charge is 2.34. The molecule has 0 fully saturated rings. The molecular weight excluding hydrogens is 336 g/mol. The topological polar surface area (TPSA) is 60.5 Å². The van der Waals surface area contributed by atoms with Crippen LogP contribution in [0.15, 0.2) is 23.7 Å². The molecule has 1 N–H and O–H groups in total. The number of nitrogens with one attached hydrogen (secondary N) is 1. The number of carbonyl (C=O) groups is 1. The van der Waals surface area contributed by atoms with E-state index in [9.17, 15) is 4.79 Å². The number of benzene rings is 1. The Morgan fingerprint density at radius 2 is 2.28 bits per heavy atom. The summed E-state index contributed by atoms with van der Waals surface area (Å²) in [6.07, 6.45) is 1.92. The average molecular weight is 360 g/mol. The Hall–Kier alpha value is -2.08. The Kier molecular flexibility index (Phi) is 4.99. The van der Waals surface area contributed by atoms with Crippen molar-refractivity contribution in [2.75, 3.05) is 7.11 Å². The van der Waals surface area contributed by atoms with Crippen LogP contribution in [-0.4, -0.2) is 23.6 Å². The van der Waals surface area contributed by atoms with Crippen LogP contribution >= 0.6 is 11.3 Å². The number of fused-ring (bicyclic) bond motifs is 1. The van der Waals surface area contributed by atoms with Crippen LogP contribution in [0.4, 0.5) is 0 Å². The van der Waals surface area contributed by atoms with Gasteiger partial charge in [-0.2, -0.15) is 0 Å². The zero-order chi connectivity index (χ0) is 18.0. The first-order valence-electron chi connectivity index (χ1n) is 8.43. The second kappa shape index (κ2) is 7.04. The standard InChI is InChI=1S/C19H24N2O3S/c1-12-17(25-11-20-12)7-8-18(22)21-15-10-19(2,3)24-16-9-13(23-4)5-6-14(15)16/h5-6,9,11,15H,7-8,10H2,1-4H3,(H,21,22). The summed E-state index contributed by atoms with van der Waals surface area (Å²) in [6, 6.07) is 5.71. The van der Waals surface area contributed by atoms with Crippen LogP contribution in [0.3, 0.4) is 0 Å². The van der Waals surface area contributed by atoms with Crippen LogP contribution in [0, 0.1) is 6.92 Å². The molecule has 134 valence electrons. The molecule has 1 atom stereocenters. The van der Waals surface area contributed by atoms with E-state index in [4.69, 9.17) is 9.47 Å². The van der Waals surface area contributed by atoms with Crippen molar-refractivity contribution in [2.24, 2.45) is 0 Å². The Morgan fingerprint density at radius 3 is 2.96 bits per heavy atom. The number of hydrogen-bond acceptors (Lipinski definition) is 5. The van der Waals surface area contributed by atoms with Crippen molar-refractivity contribution in [3.8, 4) is 11.5 Å². The number of hydrogen-bond donors (Lipinski definition) is 1. The third kappa shape index (κ3) is 4.12. The van der Waals surface area contributed by atoms with Gasteiger partial charge in [0.15, 0.2) is 0 Å². The van der Waals surface area contributed by atoms with Gasteiger partial charge in [-0.05, 0) is 39.3 Å². The van der Waals surface area contributed by atoms with Gasteiger partial charge in [0, 0.05) is 29.3 Å². The Bertz CT molecular complexity index is 770. The number of methoxy groups -OCH3 is 1. The van der Waals surface area contributed by atoms with E-state index in [0.717, 1.165) is 35.6 Å². The minimum Gasteiger partial charge on any atom is -0.497 e. The van der Waals surface area contributed by atoms with Crippen molar-refractivity contribution < 1.29 is 14.3 Å². The summed E-state index contributed by atoms with van der Waals surface area (Å²) in [7, 11) is 1.64. The lowest BCUT2D eigenvalue weighted by atomic mass is 9.89. The number of ether oxygens (including phenoxy) is 2. The van der Waals surface area contributed by atoms with E-state index in [1.54, 1.807) is 18.4 Å². The van der Waals surface area contributed by atoms with Crippen molar-refractivity contribution in [3.05, 3.63) is 39.8 Å². The second-order valence-electron chi connectivity index (χ2n) is 6.95. The van der Waals surface area contributed by atoms with Crippen LogP contribution in [-0.2, 0) is 11.2 Å². The molecule has 1 aromatic carbocycles.